The lowest BCUT2D eigenvalue weighted by Gasteiger charge is -2.01. The Hall–Kier alpha value is -1.98. The Labute approximate surface area is 102 Å². The Morgan fingerprint density at radius 1 is 1.28 bits per heavy atom. The molecule has 2 aromatic rings. The number of halogens is 2. The average Bonchev–Trinajstić information content (AvgIpc) is 3.01. The molecule has 0 amide bonds. The van der Waals surface area contributed by atoms with Crippen LogP contribution in [0.4, 0.5) is 14.5 Å². The third-order valence-corrected chi connectivity index (χ3v) is 2.96. The summed E-state index contributed by atoms with van der Waals surface area (Å²) >= 11 is 0. The van der Waals surface area contributed by atoms with Gasteiger partial charge in [-0.3, -0.25) is 0 Å². The highest BCUT2D eigenvalue weighted by Gasteiger charge is 2.24. The molecule has 94 valence electrons. The molecule has 6 heteroatoms. The van der Waals surface area contributed by atoms with Gasteiger partial charge in [-0.25, -0.2) is 8.78 Å². The molecule has 1 heterocycles. The SMILES string of the molecule is Nc1cc(F)c(F)cc1-c1nc(CC2CC2)no1. The van der Waals surface area contributed by atoms with Gasteiger partial charge in [-0.05, 0) is 24.8 Å². The van der Waals surface area contributed by atoms with Crippen LogP contribution < -0.4 is 5.73 Å². The van der Waals surface area contributed by atoms with Crippen molar-refractivity contribution < 1.29 is 13.3 Å². The smallest absolute Gasteiger partial charge is 0.260 e. The van der Waals surface area contributed by atoms with Crippen molar-refractivity contribution in [1.82, 2.24) is 10.1 Å². The summed E-state index contributed by atoms with van der Waals surface area (Å²) in [6.45, 7) is 0. The molecule has 1 aliphatic carbocycles. The second-order valence-corrected chi connectivity index (χ2v) is 4.52. The Kier molecular flexibility index (Phi) is 2.50. The first-order valence-corrected chi connectivity index (χ1v) is 5.71. The zero-order chi connectivity index (χ0) is 12.7. The number of rotatable bonds is 3. The molecule has 0 radical (unpaired) electrons. The second kappa shape index (κ2) is 4.04. The minimum atomic E-state index is -0.992. The van der Waals surface area contributed by atoms with Crippen LogP contribution in [-0.4, -0.2) is 10.1 Å². The van der Waals surface area contributed by atoms with Gasteiger partial charge in [0.15, 0.2) is 17.5 Å². The van der Waals surface area contributed by atoms with Crippen LogP contribution in [0.2, 0.25) is 0 Å². The Bertz CT molecular complexity index is 593. The second-order valence-electron chi connectivity index (χ2n) is 4.52. The number of nitrogens with two attached hydrogens (primary N) is 1. The van der Waals surface area contributed by atoms with Crippen molar-refractivity contribution in [3.63, 3.8) is 0 Å². The number of benzene rings is 1. The van der Waals surface area contributed by atoms with E-state index in [4.69, 9.17) is 10.3 Å². The van der Waals surface area contributed by atoms with Crippen molar-refractivity contribution >= 4 is 5.69 Å². The molecule has 1 aromatic heterocycles. The highest BCUT2D eigenvalue weighted by atomic mass is 19.2. The van der Waals surface area contributed by atoms with E-state index in [0.29, 0.717) is 11.7 Å². The number of hydrogen-bond acceptors (Lipinski definition) is 4. The van der Waals surface area contributed by atoms with Crippen molar-refractivity contribution in [3.8, 4) is 11.5 Å². The quantitative estimate of drug-likeness (QED) is 0.851. The lowest BCUT2D eigenvalue weighted by molar-refractivity contribution is 0.420. The van der Waals surface area contributed by atoms with Crippen LogP contribution in [-0.2, 0) is 6.42 Å². The van der Waals surface area contributed by atoms with Gasteiger partial charge in [0.2, 0.25) is 0 Å². The molecule has 0 bridgehead atoms. The first kappa shape index (κ1) is 11.1. The number of hydrogen-bond donors (Lipinski definition) is 1. The van der Waals surface area contributed by atoms with Gasteiger partial charge in [0.05, 0.1) is 5.56 Å². The van der Waals surface area contributed by atoms with Crippen molar-refractivity contribution in [2.75, 3.05) is 5.73 Å². The van der Waals surface area contributed by atoms with Crippen molar-refractivity contribution in [2.24, 2.45) is 5.92 Å². The van der Waals surface area contributed by atoms with Crippen molar-refractivity contribution in [2.45, 2.75) is 19.3 Å². The number of nitrogen functional groups attached to an aromatic ring is 1. The summed E-state index contributed by atoms with van der Waals surface area (Å²) in [5.74, 6) is -0.647. The normalized spacial score (nSPS) is 15.0. The molecule has 0 saturated heterocycles. The molecule has 2 N–H and O–H groups in total. The molecule has 0 spiro atoms. The van der Waals surface area contributed by atoms with Gasteiger partial charge in [0.1, 0.15) is 0 Å². The number of aromatic nitrogens is 2. The molecule has 1 saturated carbocycles. The van der Waals surface area contributed by atoms with Crippen LogP contribution in [0.25, 0.3) is 11.5 Å². The summed E-state index contributed by atoms with van der Waals surface area (Å²) in [4.78, 5) is 4.15. The van der Waals surface area contributed by atoms with E-state index in [0.717, 1.165) is 18.6 Å². The van der Waals surface area contributed by atoms with Gasteiger partial charge in [-0.2, -0.15) is 4.98 Å². The molecule has 3 rings (SSSR count). The molecular formula is C12H11F2N3O. The molecule has 1 fully saturated rings. The van der Waals surface area contributed by atoms with E-state index in [1.807, 2.05) is 0 Å². The van der Waals surface area contributed by atoms with E-state index in [9.17, 15) is 8.78 Å². The Balaban J connectivity index is 1.93. The average molecular weight is 251 g/mol. The minimum Gasteiger partial charge on any atom is -0.398 e. The van der Waals surface area contributed by atoms with Gasteiger partial charge >= 0.3 is 0 Å². The zero-order valence-electron chi connectivity index (χ0n) is 9.49. The van der Waals surface area contributed by atoms with Crippen LogP contribution >= 0.6 is 0 Å². The van der Waals surface area contributed by atoms with Gasteiger partial charge < -0.3 is 10.3 Å². The van der Waals surface area contributed by atoms with E-state index >= 15 is 0 Å². The Morgan fingerprint density at radius 2 is 2.00 bits per heavy atom. The first-order valence-electron chi connectivity index (χ1n) is 5.71. The van der Waals surface area contributed by atoms with Crippen LogP contribution in [0.15, 0.2) is 16.7 Å². The molecule has 4 nitrogen and oxygen atoms in total. The van der Waals surface area contributed by atoms with Gasteiger partial charge in [0, 0.05) is 18.2 Å². The lowest BCUT2D eigenvalue weighted by Crippen LogP contribution is -1.95. The Morgan fingerprint density at radius 3 is 2.72 bits per heavy atom. The summed E-state index contributed by atoms with van der Waals surface area (Å²) in [6, 6.07) is 1.88. The minimum absolute atomic E-state index is 0.0792. The predicted molar refractivity (Wildman–Crippen MR) is 60.5 cm³/mol. The van der Waals surface area contributed by atoms with Crippen LogP contribution in [0, 0.1) is 17.6 Å². The fourth-order valence-corrected chi connectivity index (χ4v) is 1.77. The standard InChI is InChI=1S/C12H11F2N3O/c13-8-4-7(10(15)5-9(8)14)12-16-11(17-18-12)3-6-1-2-6/h4-6H,1-3,15H2. The van der Waals surface area contributed by atoms with Gasteiger partial charge in [-0.1, -0.05) is 5.16 Å². The van der Waals surface area contributed by atoms with E-state index in [1.165, 1.54) is 12.8 Å². The summed E-state index contributed by atoms with van der Waals surface area (Å²) in [5.41, 5.74) is 5.92. The van der Waals surface area contributed by atoms with Crippen LogP contribution in [0.1, 0.15) is 18.7 Å². The first-order chi connectivity index (χ1) is 8.63. The summed E-state index contributed by atoms with van der Waals surface area (Å²) in [7, 11) is 0. The highest BCUT2D eigenvalue weighted by molar-refractivity contribution is 5.70. The zero-order valence-corrected chi connectivity index (χ0v) is 9.49. The monoisotopic (exact) mass is 251 g/mol. The molecule has 1 aromatic carbocycles. The number of nitrogens with zero attached hydrogens (tertiary/aromatic N) is 2. The molecule has 1 aliphatic rings. The van der Waals surface area contributed by atoms with Crippen molar-refractivity contribution in [3.05, 3.63) is 29.6 Å². The molecule has 18 heavy (non-hydrogen) atoms. The van der Waals surface area contributed by atoms with Crippen molar-refractivity contribution in [1.29, 1.82) is 0 Å². The number of anilines is 1. The third kappa shape index (κ3) is 2.05. The molecule has 0 aliphatic heterocycles. The molecule has 0 unspecified atom stereocenters. The molecular weight excluding hydrogens is 240 g/mol. The van der Waals surface area contributed by atoms with E-state index in [1.54, 1.807) is 0 Å². The van der Waals surface area contributed by atoms with E-state index in [-0.39, 0.29) is 17.1 Å². The molecule has 0 atom stereocenters. The largest absolute Gasteiger partial charge is 0.398 e. The fourth-order valence-electron chi connectivity index (χ4n) is 1.77. The van der Waals surface area contributed by atoms with Gasteiger partial charge in [0.25, 0.3) is 5.89 Å². The maximum Gasteiger partial charge on any atom is 0.260 e. The fraction of sp³-hybridized carbons (Fsp3) is 0.333. The van der Waals surface area contributed by atoms with Crippen LogP contribution in [0.5, 0.6) is 0 Å². The van der Waals surface area contributed by atoms with Gasteiger partial charge in [-0.15, -0.1) is 0 Å². The topological polar surface area (TPSA) is 64.9 Å². The summed E-state index contributed by atoms with van der Waals surface area (Å²) < 4.78 is 31.1. The summed E-state index contributed by atoms with van der Waals surface area (Å²) in [5, 5.41) is 3.81. The maximum absolute atomic E-state index is 13.2. The predicted octanol–water partition coefficient (Wildman–Crippen LogP) is 2.55. The summed E-state index contributed by atoms with van der Waals surface area (Å²) in [6.07, 6.45) is 3.11. The lowest BCUT2D eigenvalue weighted by atomic mass is 10.1. The highest BCUT2D eigenvalue weighted by Crippen LogP contribution is 2.33. The van der Waals surface area contributed by atoms with E-state index < -0.39 is 11.6 Å². The maximum atomic E-state index is 13.2. The van der Waals surface area contributed by atoms with E-state index in [2.05, 4.69) is 10.1 Å². The van der Waals surface area contributed by atoms with Crippen LogP contribution in [0.3, 0.4) is 0 Å². The third-order valence-electron chi connectivity index (χ3n) is 2.96.